The van der Waals surface area contributed by atoms with Crippen LogP contribution in [-0.2, 0) is 9.05 Å². The van der Waals surface area contributed by atoms with Crippen molar-refractivity contribution in [2.45, 2.75) is 0 Å². The Bertz CT molecular complexity index is 28.9. The molecule has 0 aliphatic rings. The minimum Gasteiger partial charge on any atom is -0.352 e. The zero-order valence-electron chi connectivity index (χ0n) is 3.42. The Hall–Kier alpha value is 0.700. The smallest absolute Gasteiger partial charge is 0.159 e. The van der Waals surface area contributed by atoms with E-state index in [4.69, 9.17) is 9.79 Å². The normalized spacial score (nSPS) is 12.9. The van der Waals surface area contributed by atoms with Gasteiger partial charge in [0.15, 0.2) is 24.9 Å². The summed E-state index contributed by atoms with van der Waals surface area (Å²) in [5, 5.41) is 0. The van der Waals surface area contributed by atoms with E-state index in [2.05, 4.69) is 9.05 Å². The fourth-order valence-electron chi connectivity index (χ4n) is 0.0822. The van der Waals surface area contributed by atoms with Gasteiger partial charge in [-0.2, -0.15) is 0 Å². The standard InChI is InChI=1S/CH6O4P2/c2-6-4-1-5-7-3/h2-3,6-7H,1H2. The molecule has 2 atom stereocenters. The van der Waals surface area contributed by atoms with Crippen LogP contribution in [0.2, 0.25) is 0 Å². The average Bonchev–Trinajstić information content (AvgIpc) is 1.69. The molecule has 7 heavy (non-hydrogen) atoms. The van der Waals surface area contributed by atoms with Gasteiger partial charge >= 0.3 is 0 Å². The summed E-state index contributed by atoms with van der Waals surface area (Å²) >= 11 is 0. The van der Waals surface area contributed by atoms with E-state index in [-0.39, 0.29) is 6.79 Å². The van der Waals surface area contributed by atoms with E-state index in [0.29, 0.717) is 0 Å². The fraction of sp³-hybridized carbons (Fsp3) is 1.00. The average molecular weight is 144 g/mol. The van der Waals surface area contributed by atoms with Crippen molar-refractivity contribution < 1.29 is 18.8 Å². The topological polar surface area (TPSA) is 58.9 Å². The molecule has 0 amide bonds. The van der Waals surface area contributed by atoms with Crippen molar-refractivity contribution in [3.05, 3.63) is 0 Å². The molecule has 0 bridgehead atoms. The van der Waals surface area contributed by atoms with Crippen LogP contribution in [0.3, 0.4) is 0 Å². The first-order valence-electron chi connectivity index (χ1n) is 1.43. The lowest BCUT2D eigenvalue weighted by atomic mass is 11.6. The van der Waals surface area contributed by atoms with Crippen molar-refractivity contribution in [2.75, 3.05) is 6.79 Å². The lowest BCUT2D eigenvalue weighted by molar-refractivity contribution is 0.135. The third-order valence-corrected chi connectivity index (χ3v) is 0.741. The summed E-state index contributed by atoms with van der Waals surface area (Å²) in [5.74, 6) is 0. The quantitative estimate of drug-likeness (QED) is 0.330. The fourth-order valence-corrected chi connectivity index (χ4v) is 0.423. The Morgan fingerprint density at radius 1 is 1.14 bits per heavy atom. The van der Waals surface area contributed by atoms with Gasteiger partial charge in [0.25, 0.3) is 0 Å². The summed E-state index contributed by atoms with van der Waals surface area (Å²) in [6, 6.07) is 0. The maximum absolute atomic E-state index is 7.94. The predicted octanol–water partition coefficient (Wildman–Crippen LogP) is -0.0213. The summed E-state index contributed by atoms with van der Waals surface area (Å²) in [4.78, 5) is 15.9. The molecule has 0 aliphatic heterocycles. The van der Waals surface area contributed by atoms with Crippen LogP contribution in [0.15, 0.2) is 0 Å². The molecular formula is CH6O4P2. The third kappa shape index (κ3) is 6.70. The molecule has 0 saturated heterocycles. The lowest BCUT2D eigenvalue weighted by Crippen LogP contribution is -1.81. The molecular weight excluding hydrogens is 138 g/mol. The molecule has 0 aromatic carbocycles. The van der Waals surface area contributed by atoms with Gasteiger partial charge in [-0.1, -0.05) is 0 Å². The Labute approximate surface area is 44.7 Å². The van der Waals surface area contributed by atoms with Crippen molar-refractivity contribution >= 4 is 18.1 Å². The van der Waals surface area contributed by atoms with E-state index < -0.39 is 18.1 Å². The molecule has 0 saturated carbocycles. The van der Waals surface area contributed by atoms with Crippen molar-refractivity contribution in [3.8, 4) is 0 Å². The molecule has 0 aromatic heterocycles. The number of rotatable bonds is 4. The van der Waals surface area contributed by atoms with Gasteiger partial charge in [0, 0.05) is 0 Å². The summed E-state index contributed by atoms with van der Waals surface area (Å²) in [7, 11) is -1.13. The summed E-state index contributed by atoms with van der Waals surface area (Å²) in [6.07, 6.45) is 0. The van der Waals surface area contributed by atoms with Crippen LogP contribution < -0.4 is 0 Å². The van der Waals surface area contributed by atoms with Crippen LogP contribution in [0.5, 0.6) is 0 Å². The second-order valence-electron chi connectivity index (χ2n) is 0.589. The van der Waals surface area contributed by atoms with E-state index >= 15 is 0 Å². The van der Waals surface area contributed by atoms with Crippen LogP contribution in [0.4, 0.5) is 0 Å². The van der Waals surface area contributed by atoms with Crippen molar-refractivity contribution in [1.29, 1.82) is 0 Å². The second kappa shape index (κ2) is 6.70. The van der Waals surface area contributed by atoms with Gasteiger partial charge in [0.2, 0.25) is 0 Å². The zero-order chi connectivity index (χ0) is 5.54. The minimum absolute atomic E-state index is 0.0378. The number of hydrogen-bond acceptors (Lipinski definition) is 4. The molecule has 4 nitrogen and oxygen atoms in total. The Kier molecular flexibility index (Phi) is 7.37. The molecule has 0 radical (unpaired) electrons. The van der Waals surface area contributed by atoms with E-state index in [1.54, 1.807) is 0 Å². The first-order valence-corrected chi connectivity index (χ1v) is 3.14. The Morgan fingerprint density at radius 2 is 1.57 bits per heavy atom. The van der Waals surface area contributed by atoms with Gasteiger partial charge in [0.05, 0.1) is 0 Å². The van der Waals surface area contributed by atoms with Crippen molar-refractivity contribution in [3.63, 3.8) is 0 Å². The maximum Gasteiger partial charge on any atom is 0.159 e. The number of hydrogen-bond donors (Lipinski definition) is 2. The first kappa shape index (κ1) is 7.70. The molecule has 6 heteroatoms. The van der Waals surface area contributed by atoms with E-state index in [1.165, 1.54) is 0 Å². The molecule has 0 aliphatic carbocycles. The van der Waals surface area contributed by atoms with Crippen LogP contribution >= 0.6 is 18.1 Å². The molecule has 2 unspecified atom stereocenters. The van der Waals surface area contributed by atoms with E-state index in [1.807, 2.05) is 0 Å². The van der Waals surface area contributed by atoms with Crippen molar-refractivity contribution in [2.24, 2.45) is 0 Å². The summed E-state index contributed by atoms with van der Waals surface area (Å²) in [5.41, 5.74) is 0. The molecule has 44 valence electrons. The van der Waals surface area contributed by atoms with E-state index in [9.17, 15) is 0 Å². The molecule has 0 fully saturated rings. The lowest BCUT2D eigenvalue weighted by Gasteiger charge is -1.94. The SMILES string of the molecule is OPOCOPO. The maximum atomic E-state index is 7.94. The first-order chi connectivity index (χ1) is 3.41. The molecule has 0 rings (SSSR count). The third-order valence-electron chi connectivity index (χ3n) is 0.247. The highest BCUT2D eigenvalue weighted by atomic mass is 31.1. The highest BCUT2D eigenvalue weighted by Crippen LogP contribution is 2.08. The molecule has 0 aromatic rings. The van der Waals surface area contributed by atoms with Crippen LogP contribution in [-0.4, -0.2) is 16.6 Å². The minimum atomic E-state index is -0.564. The van der Waals surface area contributed by atoms with Gasteiger partial charge in [-0.25, -0.2) is 0 Å². The second-order valence-corrected chi connectivity index (χ2v) is 1.53. The van der Waals surface area contributed by atoms with Crippen molar-refractivity contribution in [1.82, 2.24) is 0 Å². The van der Waals surface area contributed by atoms with Crippen LogP contribution in [0, 0.1) is 0 Å². The zero-order valence-corrected chi connectivity index (χ0v) is 5.42. The van der Waals surface area contributed by atoms with Gasteiger partial charge < -0.3 is 18.8 Å². The summed E-state index contributed by atoms with van der Waals surface area (Å²) < 4.78 is 8.56. The van der Waals surface area contributed by atoms with Gasteiger partial charge in [0.1, 0.15) is 0 Å². The van der Waals surface area contributed by atoms with Gasteiger partial charge in [-0.3, -0.25) is 0 Å². The highest BCUT2D eigenvalue weighted by Gasteiger charge is 1.79. The molecule has 0 heterocycles. The molecule has 2 N–H and O–H groups in total. The highest BCUT2D eigenvalue weighted by molar-refractivity contribution is 7.25. The Morgan fingerprint density at radius 3 is 1.86 bits per heavy atom. The largest absolute Gasteiger partial charge is 0.352 e. The monoisotopic (exact) mass is 144 g/mol. The summed E-state index contributed by atoms with van der Waals surface area (Å²) in [6.45, 7) is -0.0378. The van der Waals surface area contributed by atoms with E-state index in [0.717, 1.165) is 0 Å². The predicted molar refractivity (Wildman–Crippen MR) is 28.1 cm³/mol. The van der Waals surface area contributed by atoms with Crippen LogP contribution in [0.25, 0.3) is 0 Å². The van der Waals surface area contributed by atoms with Gasteiger partial charge in [-0.15, -0.1) is 0 Å². The van der Waals surface area contributed by atoms with Gasteiger partial charge in [-0.05, 0) is 0 Å². The Balaban J connectivity index is 2.45. The molecule has 0 spiro atoms. The van der Waals surface area contributed by atoms with Crippen LogP contribution in [0.1, 0.15) is 0 Å².